The normalized spacial score (nSPS) is 28.1. The summed E-state index contributed by atoms with van der Waals surface area (Å²) in [5, 5.41) is 0. The zero-order valence-electron chi connectivity index (χ0n) is 11.8. The molecule has 0 aliphatic carbocycles. The van der Waals surface area contributed by atoms with Gasteiger partial charge in [-0.05, 0) is 26.8 Å². The standard InChI is InChI=1S/C15H23FN2O/c1-10-8-18(9-11(2)19-10)15(12(3)17)13-6-4-5-7-14(13)16/h4-7,10-12,15H,8-9,17H2,1-3H3. The molecule has 0 aromatic heterocycles. The Morgan fingerprint density at radius 2 is 1.84 bits per heavy atom. The molecule has 4 atom stereocenters. The SMILES string of the molecule is CC1CN(C(c2ccccc2F)C(C)N)CC(C)O1. The maximum Gasteiger partial charge on any atom is 0.128 e. The van der Waals surface area contributed by atoms with Crippen molar-refractivity contribution in [1.29, 1.82) is 0 Å². The first-order valence-corrected chi connectivity index (χ1v) is 6.88. The molecular weight excluding hydrogens is 243 g/mol. The van der Waals surface area contributed by atoms with Crippen LogP contribution in [0.15, 0.2) is 24.3 Å². The number of hydrogen-bond donors (Lipinski definition) is 1. The van der Waals surface area contributed by atoms with Gasteiger partial charge in [0.05, 0.1) is 18.2 Å². The molecule has 1 aliphatic rings. The molecule has 1 fully saturated rings. The van der Waals surface area contributed by atoms with Crippen molar-refractivity contribution in [3.8, 4) is 0 Å². The van der Waals surface area contributed by atoms with Crippen molar-refractivity contribution in [1.82, 2.24) is 4.90 Å². The molecule has 1 aliphatic heterocycles. The van der Waals surface area contributed by atoms with Crippen LogP contribution >= 0.6 is 0 Å². The van der Waals surface area contributed by atoms with Crippen LogP contribution in [0.4, 0.5) is 4.39 Å². The summed E-state index contributed by atoms with van der Waals surface area (Å²) in [4.78, 5) is 2.24. The lowest BCUT2D eigenvalue weighted by molar-refractivity contribution is -0.0834. The van der Waals surface area contributed by atoms with Crippen LogP contribution in [0.3, 0.4) is 0 Å². The molecule has 4 unspecified atom stereocenters. The second kappa shape index (κ2) is 5.99. The van der Waals surface area contributed by atoms with E-state index in [1.165, 1.54) is 6.07 Å². The zero-order valence-corrected chi connectivity index (χ0v) is 11.8. The van der Waals surface area contributed by atoms with E-state index in [2.05, 4.69) is 4.90 Å². The van der Waals surface area contributed by atoms with Gasteiger partial charge in [0, 0.05) is 24.7 Å². The van der Waals surface area contributed by atoms with Crippen LogP contribution in [0.5, 0.6) is 0 Å². The van der Waals surface area contributed by atoms with Crippen molar-refractivity contribution in [2.24, 2.45) is 5.73 Å². The highest BCUT2D eigenvalue weighted by molar-refractivity contribution is 5.23. The lowest BCUT2D eigenvalue weighted by Gasteiger charge is -2.42. The van der Waals surface area contributed by atoms with E-state index in [4.69, 9.17) is 10.5 Å². The lowest BCUT2D eigenvalue weighted by atomic mass is 9.97. The van der Waals surface area contributed by atoms with Crippen molar-refractivity contribution >= 4 is 0 Å². The summed E-state index contributed by atoms with van der Waals surface area (Å²) in [5.74, 6) is -0.184. The highest BCUT2D eigenvalue weighted by atomic mass is 19.1. The highest BCUT2D eigenvalue weighted by Gasteiger charge is 2.32. The van der Waals surface area contributed by atoms with E-state index in [1.807, 2.05) is 32.9 Å². The largest absolute Gasteiger partial charge is 0.373 e. The Morgan fingerprint density at radius 1 is 1.26 bits per heavy atom. The topological polar surface area (TPSA) is 38.5 Å². The number of halogens is 1. The first kappa shape index (κ1) is 14.4. The van der Waals surface area contributed by atoms with Crippen molar-refractivity contribution in [3.63, 3.8) is 0 Å². The molecule has 106 valence electrons. The molecule has 0 amide bonds. The number of hydrogen-bond acceptors (Lipinski definition) is 3. The molecule has 3 nitrogen and oxygen atoms in total. The van der Waals surface area contributed by atoms with E-state index in [9.17, 15) is 4.39 Å². The summed E-state index contributed by atoms with van der Waals surface area (Å²) in [7, 11) is 0. The molecule has 1 aromatic carbocycles. The van der Waals surface area contributed by atoms with Crippen molar-refractivity contribution in [2.75, 3.05) is 13.1 Å². The second-order valence-electron chi connectivity index (χ2n) is 5.54. The Morgan fingerprint density at radius 3 is 2.37 bits per heavy atom. The van der Waals surface area contributed by atoms with Gasteiger partial charge in [0.1, 0.15) is 5.82 Å². The van der Waals surface area contributed by atoms with Crippen LogP contribution < -0.4 is 5.73 Å². The average Bonchev–Trinajstić information content (AvgIpc) is 2.30. The van der Waals surface area contributed by atoms with Gasteiger partial charge in [0.25, 0.3) is 0 Å². The Balaban J connectivity index is 2.28. The van der Waals surface area contributed by atoms with E-state index >= 15 is 0 Å². The Hall–Kier alpha value is -0.970. The molecule has 19 heavy (non-hydrogen) atoms. The fraction of sp³-hybridized carbons (Fsp3) is 0.600. The number of rotatable bonds is 3. The third-order valence-electron chi connectivity index (χ3n) is 3.56. The van der Waals surface area contributed by atoms with E-state index in [0.717, 1.165) is 13.1 Å². The molecule has 0 spiro atoms. The monoisotopic (exact) mass is 266 g/mol. The summed E-state index contributed by atoms with van der Waals surface area (Å²) in [6, 6.07) is 6.67. The van der Waals surface area contributed by atoms with Gasteiger partial charge in [-0.2, -0.15) is 0 Å². The summed E-state index contributed by atoms with van der Waals surface area (Å²) in [6.45, 7) is 7.59. The third kappa shape index (κ3) is 3.32. The van der Waals surface area contributed by atoms with Gasteiger partial charge in [0.15, 0.2) is 0 Å². The summed E-state index contributed by atoms with van der Waals surface area (Å²) in [5.41, 5.74) is 6.79. The van der Waals surface area contributed by atoms with Gasteiger partial charge in [-0.25, -0.2) is 4.39 Å². The number of morpholine rings is 1. The van der Waals surface area contributed by atoms with E-state index in [0.29, 0.717) is 5.56 Å². The van der Waals surface area contributed by atoms with Gasteiger partial charge in [-0.1, -0.05) is 18.2 Å². The Kier molecular flexibility index (Phi) is 4.55. The quantitative estimate of drug-likeness (QED) is 0.912. The highest BCUT2D eigenvalue weighted by Crippen LogP contribution is 2.28. The van der Waals surface area contributed by atoms with Gasteiger partial charge in [-0.15, -0.1) is 0 Å². The number of nitrogens with two attached hydrogens (primary N) is 1. The average molecular weight is 266 g/mol. The first-order valence-electron chi connectivity index (χ1n) is 6.88. The summed E-state index contributed by atoms with van der Waals surface area (Å²) >= 11 is 0. The van der Waals surface area contributed by atoms with E-state index < -0.39 is 0 Å². The maximum absolute atomic E-state index is 14.0. The minimum Gasteiger partial charge on any atom is -0.373 e. The Labute approximate surface area is 114 Å². The number of ether oxygens (including phenoxy) is 1. The first-order chi connectivity index (χ1) is 8.99. The molecule has 1 saturated heterocycles. The zero-order chi connectivity index (χ0) is 14.0. The minimum atomic E-state index is -0.184. The van der Waals surface area contributed by atoms with Gasteiger partial charge >= 0.3 is 0 Å². The predicted molar refractivity (Wildman–Crippen MR) is 74.4 cm³/mol. The number of benzene rings is 1. The molecule has 0 bridgehead atoms. The van der Waals surface area contributed by atoms with Crippen molar-refractivity contribution in [2.45, 2.75) is 45.1 Å². The fourth-order valence-electron chi connectivity index (χ4n) is 2.97. The van der Waals surface area contributed by atoms with Crippen LogP contribution in [0.2, 0.25) is 0 Å². The van der Waals surface area contributed by atoms with Crippen LogP contribution in [0, 0.1) is 5.82 Å². The van der Waals surface area contributed by atoms with Gasteiger partial charge in [-0.3, -0.25) is 4.90 Å². The fourth-order valence-corrected chi connectivity index (χ4v) is 2.97. The summed E-state index contributed by atoms with van der Waals surface area (Å²) in [6.07, 6.45) is 0.300. The molecular formula is C15H23FN2O. The van der Waals surface area contributed by atoms with Crippen LogP contribution in [-0.4, -0.2) is 36.2 Å². The van der Waals surface area contributed by atoms with Crippen molar-refractivity contribution in [3.05, 3.63) is 35.6 Å². The minimum absolute atomic E-state index is 0.102. The van der Waals surface area contributed by atoms with Crippen molar-refractivity contribution < 1.29 is 9.13 Å². The second-order valence-corrected chi connectivity index (χ2v) is 5.54. The molecule has 1 heterocycles. The molecule has 1 aromatic rings. The predicted octanol–water partition coefficient (Wildman–Crippen LogP) is 2.32. The van der Waals surface area contributed by atoms with Crippen LogP contribution in [0.25, 0.3) is 0 Å². The lowest BCUT2D eigenvalue weighted by Crippen LogP contribution is -2.50. The summed E-state index contributed by atoms with van der Waals surface area (Å²) < 4.78 is 19.8. The van der Waals surface area contributed by atoms with E-state index in [-0.39, 0.29) is 30.1 Å². The van der Waals surface area contributed by atoms with Gasteiger partial charge in [0.2, 0.25) is 0 Å². The van der Waals surface area contributed by atoms with Gasteiger partial charge < -0.3 is 10.5 Å². The Bertz CT molecular complexity index is 414. The molecule has 0 saturated carbocycles. The molecule has 0 radical (unpaired) electrons. The molecule has 2 N–H and O–H groups in total. The third-order valence-corrected chi connectivity index (χ3v) is 3.56. The smallest absolute Gasteiger partial charge is 0.128 e. The van der Waals surface area contributed by atoms with Crippen LogP contribution in [0.1, 0.15) is 32.4 Å². The van der Waals surface area contributed by atoms with Crippen LogP contribution in [-0.2, 0) is 4.74 Å². The maximum atomic E-state index is 14.0. The van der Waals surface area contributed by atoms with E-state index in [1.54, 1.807) is 6.07 Å². The number of nitrogens with zero attached hydrogens (tertiary/aromatic N) is 1. The molecule has 4 heteroatoms. The molecule has 2 rings (SSSR count).